The number of hydrogen-bond donors (Lipinski definition) is 2. The van der Waals surface area contributed by atoms with Crippen LogP contribution in [0.1, 0.15) is 40.5 Å². The number of ether oxygens (including phenoxy) is 2. The molecule has 1 aliphatic rings. The van der Waals surface area contributed by atoms with E-state index in [-0.39, 0.29) is 0 Å². The van der Waals surface area contributed by atoms with Crippen molar-refractivity contribution in [3.8, 4) is 0 Å². The summed E-state index contributed by atoms with van der Waals surface area (Å²) in [6, 6.07) is 1.29. The van der Waals surface area contributed by atoms with Gasteiger partial charge in [-0.1, -0.05) is 27.7 Å². The van der Waals surface area contributed by atoms with E-state index in [1.165, 1.54) is 25.9 Å². The first-order chi connectivity index (χ1) is 11.1. The summed E-state index contributed by atoms with van der Waals surface area (Å²) in [5.41, 5.74) is 0. The summed E-state index contributed by atoms with van der Waals surface area (Å²) >= 11 is 0. The van der Waals surface area contributed by atoms with E-state index in [0.717, 1.165) is 32.8 Å². The Bertz CT molecular complexity index is 267. The molecule has 0 aromatic carbocycles. The van der Waals surface area contributed by atoms with Crippen LogP contribution in [0.25, 0.3) is 0 Å². The Morgan fingerprint density at radius 1 is 0.957 bits per heavy atom. The van der Waals surface area contributed by atoms with Gasteiger partial charge in [-0.15, -0.1) is 0 Å². The first kappa shape index (κ1) is 20.8. The SMILES string of the molecule is CC(C)CNCCOCCOCCN1CCC(NC(C)C)CC1. The second-order valence-corrected chi connectivity index (χ2v) is 7.26. The Hall–Kier alpha value is -0.200. The van der Waals surface area contributed by atoms with Gasteiger partial charge in [-0.05, 0) is 38.4 Å². The first-order valence-electron chi connectivity index (χ1n) is 9.42. The molecule has 0 amide bonds. The monoisotopic (exact) mass is 329 g/mol. The van der Waals surface area contributed by atoms with Crippen LogP contribution in [0.5, 0.6) is 0 Å². The molecule has 0 bridgehead atoms. The molecule has 5 nitrogen and oxygen atoms in total. The van der Waals surface area contributed by atoms with Crippen molar-refractivity contribution in [3.05, 3.63) is 0 Å². The maximum atomic E-state index is 5.67. The summed E-state index contributed by atoms with van der Waals surface area (Å²) in [7, 11) is 0. The molecule has 0 atom stereocenters. The average Bonchev–Trinajstić information content (AvgIpc) is 2.50. The van der Waals surface area contributed by atoms with Crippen LogP contribution in [-0.4, -0.2) is 76.1 Å². The zero-order valence-corrected chi connectivity index (χ0v) is 15.8. The molecule has 1 heterocycles. The van der Waals surface area contributed by atoms with E-state index in [9.17, 15) is 0 Å². The number of piperidine rings is 1. The van der Waals surface area contributed by atoms with Crippen LogP contribution in [0.2, 0.25) is 0 Å². The second-order valence-electron chi connectivity index (χ2n) is 7.26. The quantitative estimate of drug-likeness (QED) is 0.504. The molecule has 1 saturated heterocycles. The van der Waals surface area contributed by atoms with Gasteiger partial charge in [0.15, 0.2) is 0 Å². The van der Waals surface area contributed by atoms with Crippen LogP contribution >= 0.6 is 0 Å². The van der Waals surface area contributed by atoms with E-state index in [1.807, 2.05) is 0 Å². The first-order valence-corrected chi connectivity index (χ1v) is 9.42. The van der Waals surface area contributed by atoms with Gasteiger partial charge in [0.05, 0.1) is 26.4 Å². The third-order valence-corrected chi connectivity index (χ3v) is 4.06. The molecule has 1 aliphatic heterocycles. The molecule has 1 rings (SSSR count). The van der Waals surface area contributed by atoms with Crippen molar-refractivity contribution in [2.24, 2.45) is 5.92 Å². The van der Waals surface area contributed by atoms with Crippen molar-refractivity contribution in [2.75, 3.05) is 59.2 Å². The smallest absolute Gasteiger partial charge is 0.0701 e. The molecule has 138 valence electrons. The molecule has 0 aliphatic carbocycles. The van der Waals surface area contributed by atoms with Gasteiger partial charge in [0.2, 0.25) is 0 Å². The molecule has 5 heteroatoms. The van der Waals surface area contributed by atoms with Crippen molar-refractivity contribution in [2.45, 2.75) is 52.6 Å². The van der Waals surface area contributed by atoms with Gasteiger partial charge in [-0.3, -0.25) is 0 Å². The summed E-state index contributed by atoms with van der Waals surface area (Å²) in [6.07, 6.45) is 2.51. The van der Waals surface area contributed by atoms with Crippen LogP contribution in [0.4, 0.5) is 0 Å². The highest BCUT2D eigenvalue weighted by atomic mass is 16.5. The van der Waals surface area contributed by atoms with Gasteiger partial charge in [0, 0.05) is 25.2 Å². The van der Waals surface area contributed by atoms with Gasteiger partial charge in [-0.2, -0.15) is 0 Å². The van der Waals surface area contributed by atoms with Crippen molar-refractivity contribution in [3.63, 3.8) is 0 Å². The second kappa shape index (κ2) is 13.1. The van der Waals surface area contributed by atoms with E-state index in [0.29, 0.717) is 31.2 Å². The van der Waals surface area contributed by atoms with E-state index in [1.54, 1.807) is 0 Å². The minimum absolute atomic E-state index is 0.593. The van der Waals surface area contributed by atoms with Gasteiger partial charge in [0.1, 0.15) is 0 Å². The minimum atomic E-state index is 0.593. The molecule has 0 aromatic heterocycles. The van der Waals surface area contributed by atoms with Crippen LogP contribution < -0.4 is 10.6 Å². The highest BCUT2D eigenvalue weighted by Gasteiger charge is 2.18. The summed E-state index contributed by atoms with van der Waals surface area (Å²) in [4.78, 5) is 2.51. The molecule has 0 aromatic rings. The van der Waals surface area contributed by atoms with Crippen LogP contribution in [0, 0.1) is 5.92 Å². The average molecular weight is 330 g/mol. The standard InChI is InChI=1S/C18H39N3O2/c1-16(2)15-19-7-11-22-13-14-23-12-10-21-8-5-18(6-9-21)20-17(3)4/h16-20H,5-15H2,1-4H3. The fourth-order valence-electron chi connectivity index (χ4n) is 2.85. The fraction of sp³-hybridized carbons (Fsp3) is 1.00. The maximum Gasteiger partial charge on any atom is 0.0701 e. The summed E-state index contributed by atoms with van der Waals surface area (Å²) < 4.78 is 11.2. The lowest BCUT2D eigenvalue weighted by atomic mass is 10.0. The molecule has 0 spiro atoms. The molecule has 2 N–H and O–H groups in total. The minimum Gasteiger partial charge on any atom is -0.378 e. The predicted octanol–water partition coefficient (Wildman–Crippen LogP) is 1.73. The molecule has 23 heavy (non-hydrogen) atoms. The molecule has 0 saturated carbocycles. The van der Waals surface area contributed by atoms with Crippen LogP contribution in [-0.2, 0) is 9.47 Å². The third-order valence-electron chi connectivity index (χ3n) is 4.06. The molecule has 0 unspecified atom stereocenters. The maximum absolute atomic E-state index is 5.67. The zero-order chi connectivity index (χ0) is 16.9. The van der Waals surface area contributed by atoms with Gasteiger partial charge >= 0.3 is 0 Å². The number of nitrogens with one attached hydrogen (secondary N) is 2. The zero-order valence-electron chi connectivity index (χ0n) is 15.8. The summed E-state index contributed by atoms with van der Waals surface area (Å²) in [5.74, 6) is 0.699. The molecular formula is C18H39N3O2. The van der Waals surface area contributed by atoms with Gasteiger partial charge in [0.25, 0.3) is 0 Å². The van der Waals surface area contributed by atoms with E-state index in [2.05, 4.69) is 43.2 Å². The van der Waals surface area contributed by atoms with Crippen molar-refractivity contribution in [1.82, 2.24) is 15.5 Å². The lowest BCUT2D eigenvalue weighted by Gasteiger charge is -2.33. The molecule has 1 fully saturated rings. The number of nitrogens with zero attached hydrogens (tertiary/aromatic N) is 1. The molecular weight excluding hydrogens is 290 g/mol. The highest BCUT2D eigenvalue weighted by Crippen LogP contribution is 2.10. The Morgan fingerprint density at radius 2 is 1.61 bits per heavy atom. The van der Waals surface area contributed by atoms with Gasteiger partial charge < -0.3 is 25.0 Å². The topological polar surface area (TPSA) is 45.8 Å². The molecule has 0 radical (unpaired) electrons. The predicted molar refractivity (Wildman–Crippen MR) is 97.1 cm³/mol. The van der Waals surface area contributed by atoms with E-state index >= 15 is 0 Å². The van der Waals surface area contributed by atoms with Crippen LogP contribution in [0.15, 0.2) is 0 Å². The van der Waals surface area contributed by atoms with Crippen molar-refractivity contribution < 1.29 is 9.47 Å². The number of hydrogen-bond acceptors (Lipinski definition) is 5. The van der Waals surface area contributed by atoms with Crippen molar-refractivity contribution in [1.29, 1.82) is 0 Å². The summed E-state index contributed by atoms with van der Waals surface area (Å²) in [6.45, 7) is 17.3. The third kappa shape index (κ3) is 11.9. The normalized spacial score (nSPS) is 17.5. The number of likely N-dealkylation sites (tertiary alicyclic amines) is 1. The Kier molecular flexibility index (Phi) is 11.9. The van der Waals surface area contributed by atoms with Crippen LogP contribution in [0.3, 0.4) is 0 Å². The fourth-order valence-corrected chi connectivity index (χ4v) is 2.85. The highest BCUT2D eigenvalue weighted by molar-refractivity contribution is 4.78. The largest absolute Gasteiger partial charge is 0.378 e. The lowest BCUT2D eigenvalue weighted by molar-refractivity contribution is 0.0362. The lowest BCUT2D eigenvalue weighted by Crippen LogP contribution is -2.45. The van der Waals surface area contributed by atoms with E-state index in [4.69, 9.17) is 9.47 Å². The van der Waals surface area contributed by atoms with Gasteiger partial charge in [-0.25, -0.2) is 0 Å². The van der Waals surface area contributed by atoms with E-state index < -0.39 is 0 Å². The Labute approximate surface area is 143 Å². The Balaban J connectivity index is 1.83. The van der Waals surface area contributed by atoms with Crippen molar-refractivity contribution >= 4 is 0 Å². The Morgan fingerprint density at radius 3 is 2.22 bits per heavy atom. The summed E-state index contributed by atoms with van der Waals surface area (Å²) in [5, 5.41) is 7.00. The number of rotatable bonds is 13.